The van der Waals surface area contributed by atoms with Crippen LogP contribution in [0.3, 0.4) is 0 Å². The molecule has 7 heteroatoms. The SMILES string of the molecule is CCC1OC(n2cc(C)c(=O)n(C(=O)c3ccccc3)c2=O)CC1O. The van der Waals surface area contributed by atoms with Gasteiger partial charge in [0, 0.05) is 23.7 Å². The molecule has 2 heterocycles. The van der Waals surface area contributed by atoms with Gasteiger partial charge in [-0.1, -0.05) is 25.1 Å². The van der Waals surface area contributed by atoms with E-state index in [1.54, 1.807) is 30.3 Å². The number of aliphatic hydroxyl groups excluding tert-OH is 1. The summed E-state index contributed by atoms with van der Waals surface area (Å²) in [6, 6.07) is 8.16. The van der Waals surface area contributed by atoms with E-state index in [0.29, 0.717) is 11.0 Å². The van der Waals surface area contributed by atoms with E-state index < -0.39 is 29.5 Å². The predicted octanol–water partition coefficient (Wildman–Crippen LogP) is 1.07. The van der Waals surface area contributed by atoms with Crippen LogP contribution in [0, 0.1) is 6.92 Å². The average molecular weight is 344 g/mol. The van der Waals surface area contributed by atoms with Crippen molar-refractivity contribution in [2.24, 2.45) is 0 Å². The number of aliphatic hydroxyl groups is 1. The van der Waals surface area contributed by atoms with Gasteiger partial charge in [0.1, 0.15) is 6.23 Å². The largest absolute Gasteiger partial charge is 0.390 e. The van der Waals surface area contributed by atoms with Gasteiger partial charge in [-0.05, 0) is 25.5 Å². The average Bonchev–Trinajstić information content (AvgIpc) is 2.99. The second kappa shape index (κ2) is 6.78. The number of aryl methyl sites for hydroxylation is 1. The lowest BCUT2D eigenvalue weighted by molar-refractivity contribution is -0.0222. The first-order valence-corrected chi connectivity index (χ1v) is 8.22. The third-order valence-corrected chi connectivity index (χ3v) is 4.43. The highest BCUT2D eigenvalue weighted by Gasteiger charge is 2.35. The number of ether oxygens (including phenoxy) is 1. The van der Waals surface area contributed by atoms with E-state index in [9.17, 15) is 19.5 Å². The van der Waals surface area contributed by atoms with Crippen molar-refractivity contribution in [1.82, 2.24) is 9.13 Å². The zero-order valence-electron chi connectivity index (χ0n) is 14.1. The summed E-state index contributed by atoms with van der Waals surface area (Å²) in [6.07, 6.45) is 0.453. The minimum Gasteiger partial charge on any atom is -0.390 e. The van der Waals surface area contributed by atoms with Crippen LogP contribution >= 0.6 is 0 Å². The number of hydrogen-bond acceptors (Lipinski definition) is 5. The molecule has 3 unspecified atom stereocenters. The molecule has 7 nitrogen and oxygen atoms in total. The Kier molecular flexibility index (Phi) is 4.69. The maximum absolute atomic E-state index is 12.8. The molecule has 0 amide bonds. The van der Waals surface area contributed by atoms with Crippen LogP contribution in [-0.4, -0.2) is 32.4 Å². The predicted molar refractivity (Wildman–Crippen MR) is 90.7 cm³/mol. The molecule has 1 aromatic heterocycles. The third-order valence-electron chi connectivity index (χ3n) is 4.43. The Hall–Kier alpha value is -2.51. The number of nitrogens with zero attached hydrogens (tertiary/aromatic N) is 2. The summed E-state index contributed by atoms with van der Waals surface area (Å²) < 4.78 is 7.55. The quantitative estimate of drug-likeness (QED) is 0.899. The second-order valence-corrected chi connectivity index (χ2v) is 6.15. The van der Waals surface area contributed by atoms with Crippen molar-refractivity contribution >= 4 is 5.91 Å². The fourth-order valence-electron chi connectivity index (χ4n) is 3.05. The van der Waals surface area contributed by atoms with E-state index in [1.807, 2.05) is 6.92 Å². The normalized spacial score (nSPS) is 22.9. The fourth-order valence-corrected chi connectivity index (χ4v) is 3.05. The summed E-state index contributed by atoms with van der Waals surface area (Å²) in [6.45, 7) is 3.42. The van der Waals surface area contributed by atoms with Gasteiger partial charge in [-0.3, -0.25) is 14.2 Å². The maximum Gasteiger partial charge on any atom is 0.340 e. The van der Waals surface area contributed by atoms with Gasteiger partial charge >= 0.3 is 5.69 Å². The van der Waals surface area contributed by atoms with Crippen LogP contribution < -0.4 is 11.2 Å². The first-order valence-electron chi connectivity index (χ1n) is 8.22. The van der Waals surface area contributed by atoms with Gasteiger partial charge in [-0.2, -0.15) is 4.57 Å². The molecule has 1 aliphatic heterocycles. The van der Waals surface area contributed by atoms with Crippen LogP contribution in [0.1, 0.15) is 41.9 Å². The van der Waals surface area contributed by atoms with E-state index in [-0.39, 0.29) is 23.7 Å². The number of aromatic nitrogens is 2. The van der Waals surface area contributed by atoms with Crippen LogP contribution in [0.4, 0.5) is 0 Å². The standard InChI is InChI=1S/C18H20N2O5/c1-3-14-13(21)9-15(25-14)19-10-11(2)16(22)20(18(19)24)17(23)12-7-5-4-6-8-12/h4-8,10,13-15,21H,3,9H2,1-2H3. The minimum atomic E-state index is -0.765. The van der Waals surface area contributed by atoms with Crippen molar-refractivity contribution in [3.8, 4) is 0 Å². The van der Waals surface area contributed by atoms with Gasteiger partial charge in [0.25, 0.3) is 11.5 Å². The lowest BCUT2D eigenvalue weighted by Crippen LogP contribution is -2.45. The van der Waals surface area contributed by atoms with E-state index in [2.05, 4.69) is 0 Å². The zero-order valence-corrected chi connectivity index (χ0v) is 14.1. The molecule has 132 valence electrons. The number of carbonyl (C=O) groups excluding carboxylic acids is 1. The van der Waals surface area contributed by atoms with Gasteiger partial charge in [-0.15, -0.1) is 0 Å². The minimum absolute atomic E-state index is 0.232. The molecule has 1 N–H and O–H groups in total. The number of rotatable bonds is 3. The van der Waals surface area contributed by atoms with Gasteiger partial charge in [0.05, 0.1) is 12.2 Å². The van der Waals surface area contributed by atoms with Crippen LogP contribution in [0.5, 0.6) is 0 Å². The summed E-state index contributed by atoms with van der Waals surface area (Å²) >= 11 is 0. The number of benzene rings is 1. The van der Waals surface area contributed by atoms with Crippen molar-refractivity contribution in [3.63, 3.8) is 0 Å². The lowest BCUT2D eigenvalue weighted by Gasteiger charge is -2.17. The maximum atomic E-state index is 12.8. The lowest BCUT2D eigenvalue weighted by atomic mass is 10.1. The van der Waals surface area contributed by atoms with E-state index >= 15 is 0 Å². The van der Waals surface area contributed by atoms with Crippen molar-refractivity contribution in [3.05, 3.63) is 68.5 Å². The highest BCUT2D eigenvalue weighted by Crippen LogP contribution is 2.29. The number of hydrogen-bond donors (Lipinski definition) is 1. The molecule has 25 heavy (non-hydrogen) atoms. The van der Waals surface area contributed by atoms with Gasteiger partial charge in [-0.25, -0.2) is 4.79 Å². The smallest absolute Gasteiger partial charge is 0.340 e. The van der Waals surface area contributed by atoms with Gasteiger partial charge < -0.3 is 9.84 Å². The summed E-state index contributed by atoms with van der Waals surface area (Å²) in [7, 11) is 0. The summed E-state index contributed by atoms with van der Waals surface area (Å²) in [5.74, 6) is -0.682. The first-order chi connectivity index (χ1) is 11.9. The summed E-state index contributed by atoms with van der Waals surface area (Å²) in [4.78, 5) is 37.8. The Morgan fingerprint density at radius 3 is 2.56 bits per heavy atom. The molecule has 0 saturated carbocycles. The molecular formula is C18H20N2O5. The molecule has 0 bridgehead atoms. The Balaban J connectivity index is 2.09. The molecule has 2 aromatic rings. The van der Waals surface area contributed by atoms with Crippen molar-refractivity contribution in [2.45, 2.75) is 45.1 Å². The molecule has 0 aliphatic carbocycles. The fraction of sp³-hybridized carbons (Fsp3) is 0.389. The van der Waals surface area contributed by atoms with E-state index in [1.165, 1.54) is 17.7 Å². The van der Waals surface area contributed by atoms with Crippen LogP contribution in [0.15, 0.2) is 46.1 Å². The summed E-state index contributed by atoms with van der Waals surface area (Å²) in [5.41, 5.74) is -0.918. The van der Waals surface area contributed by atoms with Crippen LogP contribution in [0.25, 0.3) is 0 Å². The van der Waals surface area contributed by atoms with Crippen molar-refractivity contribution < 1.29 is 14.6 Å². The van der Waals surface area contributed by atoms with Crippen LogP contribution in [-0.2, 0) is 4.74 Å². The zero-order chi connectivity index (χ0) is 18.1. The van der Waals surface area contributed by atoms with E-state index in [0.717, 1.165) is 0 Å². The topological polar surface area (TPSA) is 90.5 Å². The molecular weight excluding hydrogens is 324 g/mol. The van der Waals surface area contributed by atoms with Crippen molar-refractivity contribution in [2.75, 3.05) is 0 Å². The molecule has 1 fully saturated rings. The molecule has 1 aromatic carbocycles. The molecule has 0 radical (unpaired) electrons. The summed E-state index contributed by atoms with van der Waals surface area (Å²) in [5, 5.41) is 10.0. The Morgan fingerprint density at radius 2 is 1.96 bits per heavy atom. The van der Waals surface area contributed by atoms with Gasteiger partial charge in [0.2, 0.25) is 0 Å². The first kappa shape index (κ1) is 17.3. The molecule has 1 aliphatic rings. The van der Waals surface area contributed by atoms with Crippen LogP contribution in [0.2, 0.25) is 0 Å². The molecule has 0 spiro atoms. The van der Waals surface area contributed by atoms with Crippen molar-refractivity contribution in [1.29, 1.82) is 0 Å². The Bertz CT molecular complexity index is 900. The number of carbonyl (C=O) groups is 1. The highest BCUT2D eigenvalue weighted by molar-refractivity contribution is 5.95. The Morgan fingerprint density at radius 1 is 1.28 bits per heavy atom. The highest BCUT2D eigenvalue weighted by atomic mass is 16.5. The molecule has 3 rings (SSSR count). The third kappa shape index (κ3) is 3.08. The Labute approximate surface area is 144 Å². The second-order valence-electron chi connectivity index (χ2n) is 6.15. The van der Waals surface area contributed by atoms with Gasteiger partial charge in [0.15, 0.2) is 0 Å². The van der Waals surface area contributed by atoms with E-state index in [4.69, 9.17) is 4.74 Å². The molecule has 3 atom stereocenters. The monoisotopic (exact) mass is 344 g/mol. The molecule has 1 saturated heterocycles.